The van der Waals surface area contributed by atoms with Gasteiger partial charge in [-0.3, -0.25) is 9.36 Å². The van der Waals surface area contributed by atoms with Gasteiger partial charge in [-0.1, -0.05) is 61.2 Å². The Morgan fingerprint density at radius 1 is 1.06 bits per heavy atom. The number of fused-ring (bicyclic) bond motifs is 1. The summed E-state index contributed by atoms with van der Waals surface area (Å²) in [6.07, 6.45) is 6.08. The van der Waals surface area contributed by atoms with E-state index in [4.69, 9.17) is 16.3 Å². The molecule has 1 fully saturated rings. The van der Waals surface area contributed by atoms with E-state index in [2.05, 4.69) is 4.98 Å². The van der Waals surface area contributed by atoms with Crippen LogP contribution in [0, 0.1) is 0 Å². The average Bonchev–Trinajstić information content (AvgIpc) is 3.29. The Kier molecular flexibility index (Phi) is 6.30. The number of hydrogen-bond donors (Lipinski definition) is 0. The molecule has 0 spiro atoms. The number of rotatable bonds is 5. The Morgan fingerprint density at radius 2 is 1.77 bits per heavy atom. The topological polar surface area (TPSA) is 88.1 Å². The summed E-state index contributed by atoms with van der Waals surface area (Å²) < 4.78 is 9.41. The first-order valence-corrected chi connectivity index (χ1v) is 12.0. The van der Waals surface area contributed by atoms with Crippen molar-refractivity contribution in [2.75, 3.05) is 7.11 Å². The standard InChI is InChI=1S/C26H25ClN4O4/c1-35-25(33)19-12-6-5-9-17(19)15-29-16-28-23-22(29)24(32)30(18-10-3-2-4-11-18)26(34)31(23)21-14-8-7-13-20(21)27/h5-9,12-14,16,18H,2-4,10-11,15H2,1H3. The second kappa shape index (κ2) is 9.54. The van der Waals surface area contributed by atoms with E-state index in [1.807, 2.05) is 12.1 Å². The molecule has 0 radical (unpaired) electrons. The molecule has 35 heavy (non-hydrogen) atoms. The van der Waals surface area contributed by atoms with Crippen molar-refractivity contribution in [1.82, 2.24) is 18.7 Å². The summed E-state index contributed by atoms with van der Waals surface area (Å²) >= 11 is 6.48. The maximum Gasteiger partial charge on any atom is 0.338 e. The van der Waals surface area contributed by atoms with Crippen molar-refractivity contribution in [2.24, 2.45) is 0 Å². The molecule has 1 aliphatic rings. The number of ether oxygens (including phenoxy) is 1. The first-order valence-electron chi connectivity index (χ1n) is 11.6. The van der Waals surface area contributed by atoms with Crippen LogP contribution in [0.4, 0.5) is 0 Å². The van der Waals surface area contributed by atoms with Crippen LogP contribution in [0.5, 0.6) is 0 Å². The smallest absolute Gasteiger partial charge is 0.338 e. The molecule has 2 aromatic heterocycles. The number of imidazole rings is 1. The molecule has 2 aromatic carbocycles. The summed E-state index contributed by atoms with van der Waals surface area (Å²) in [5, 5.41) is 0.385. The van der Waals surface area contributed by atoms with Crippen molar-refractivity contribution in [1.29, 1.82) is 0 Å². The van der Waals surface area contributed by atoms with Crippen molar-refractivity contribution < 1.29 is 9.53 Å². The first-order chi connectivity index (χ1) is 17.0. The summed E-state index contributed by atoms with van der Waals surface area (Å²) in [7, 11) is 1.33. The lowest BCUT2D eigenvalue weighted by Gasteiger charge is -2.24. The van der Waals surface area contributed by atoms with Gasteiger partial charge in [0.05, 0.1) is 36.3 Å². The Morgan fingerprint density at radius 3 is 2.51 bits per heavy atom. The Bertz CT molecular complexity index is 1530. The monoisotopic (exact) mass is 492 g/mol. The molecule has 1 aliphatic carbocycles. The lowest BCUT2D eigenvalue weighted by atomic mass is 9.95. The molecular formula is C26H25ClN4O4. The van der Waals surface area contributed by atoms with Gasteiger partial charge in [0, 0.05) is 6.04 Å². The third kappa shape index (κ3) is 4.08. The van der Waals surface area contributed by atoms with E-state index in [-0.39, 0.29) is 29.3 Å². The molecule has 180 valence electrons. The Balaban J connectivity index is 1.77. The zero-order valence-corrected chi connectivity index (χ0v) is 20.1. The predicted molar refractivity (Wildman–Crippen MR) is 134 cm³/mol. The van der Waals surface area contributed by atoms with Crippen LogP contribution < -0.4 is 11.2 Å². The van der Waals surface area contributed by atoms with Crippen LogP contribution >= 0.6 is 11.6 Å². The molecule has 5 rings (SSSR count). The van der Waals surface area contributed by atoms with Crippen LogP contribution in [0.25, 0.3) is 16.9 Å². The second-order valence-electron chi connectivity index (χ2n) is 8.73. The van der Waals surface area contributed by atoms with Crippen LogP contribution in [0.1, 0.15) is 54.1 Å². The van der Waals surface area contributed by atoms with Crippen molar-refractivity contribution >= 4 is 28.7 Å². The fraction of sp³-hybridized carbons (Fsp3) is 0.308. The molecule has 9 heteroatoms. The largest absolute Gasteiger partial charge is 0.465 e. The number of aromatic nitrogens is 4. The van der Waals surface area contributed by atoms with E-state index in [1.54, 1.807) is 41.0 Å². The van der Waals surface area contributed by atoms with Crippen molar-refractivity contribution in [3.63, 3.8) is 0 Å². The number of nitrogens with zero attached hydrogens (tertiary/aromatic N) is 4. The minimum absolute atomic E-state index is 0.187. The molecule has 0 N–H and O–H groups in total. The van der Waals surface area contributed by atoms with Crippen LogP contribution in [0.3, 0.4) is 0 Å². The number of carbonyl (C=O) groups excluding carboxylic acids is 1. The van der Waals surface area contributed by atoms with Crippen LogP contribution in [0.2, 0.25) is 5.02 Å². The van der Waals surface area contributed by atoms with Gasteiger partial charge in [0.25, 0.3) is 5.56 Å². The summed E-state index contributed by atoms with van der Waals surface area (Å²) in [6, 6.07) is 13.9. The van der Waals surface area contributed by atoms with Crippen LogP contribution in [-0.4, -0.2) is 31.8 Å². The second-order valence-corrected chi connectivity index (χ2v) is 9.14. The van der Waals surface area contributed by atoms with Gasteiger partial charge in [-0.05, 0) is 36.6 Å². The SMILES string of the molecule is COC(=O)c1ccccc1Cn1cnc2c1c(=O)n(C1CCCCC1)c(=O)n2-c1ccccc1Cl. The number of hydrogen-bond acceptors (Lipinski definition) is 5. The summed E-state index contributed by atoms with van der Waals surface area (Å²) in [5.74, 6) is -0.461. The van der Waals surface area contributed by atoms with Gasteiger partial charge in [-0.2, -0.15) is 0 Å². The van der Waals surface area contributed by atoms with Gasteiger partial charge in [0.15, 0.2) is 11.2 Å². The molecule has 0 amide bonds. The lowest BCUT2D eigenvalue weighted by Crippen LogP contribution is -2.43. The maximum atomic E-state index is 13.8. The average molecular weight is 493 g/mol. The van der Waals surface area contributed by atoms with Crippen molar-refractivity contribution in [2.45, 2.75) is 44.7 Å². The summed E-state index contributed by atoms with van der Waals surface area (Å²) in [6.45, 7) is 0.211. The molecule has 2 heterocycles. The lowest BCUT2D eigenvalue weighted by molar-refractivity contribution is 0.0599. The van der Waals surface area contributed by atoms with E-state index in [0.717, 1.165) is 32.1 Å². The summed E-state index contributed by atoms with van der Waals surface area (Å²) in [5.41, 5.74) is 1.25. The molecule has 0 bridgehead atoms. The van der Waals surface area contributed by atoms with Crippen molar-refractivity contribution in [3.8, 4) is 5.69 Å². The third-order valence-corrected chi connectivity index (χ3v) is 6.97. The van der Waals surface area contributed by atoms with Gasteiger partial charge in [-0.25, -0.2) is 19.1 Å². The van der Waals surface area contributed by atoms with E-state index >= 15 is 0 Å². The first kappa shape index (κ1) is 23.1. The number of methoxy groups -OCH3 is 1. The van der Waals surface area contributed by atoms with Gasteiger partial charge < -0.3 is 9.30 Å². The fourth-order valence-electron chi connectivity index (χ4n) is 4.94. The minimum atomic E-state index is -0.461. The number of para-hydroxylation sites is 1. The normalized spacial score (nSPS) is 14.3. The molecule has 1 saturated carbocycles. The van der Waals surface area contributed by atoms with E-state index in [9.17, 15) is 14.4 Å². The third-order valence-electron chi connectivity index (χ3n) is 6.65. The molecule has 8 nitrogen and oxygen atoms in total. The van der Waals surface area contributed by atoms with Crippen molar-refractivity contribution in [3.05, 3.63) is 91.8 Å². The number of carbonyl (C=O) groups is 1. The van der Waals surface area contributed by atoms with Crippen LogP contribution in [-0.2, 0) is 11.3 Å². The molecule has 0 atom stereocenters. The highest BCUT2D eigenvalue weighted by Gasteiger charge is 2.26. The zero-order valence-electron chi connectivity index (χ0n) is 19.3. The fourth-order valence-corrected chi connectivity index (χ4v) is 5.16. The Hall–Kier alpha value is -3.65. The highest BCUT2D eigenvalue weighted by Crippen LogP contribution is 2.28. The van der Waals surface area contributed by atoms with Crippen LogP contribution in [0.15, 0.2) is 64.4 Å². The predicted octanol–water partition coefficient (Wildman–Crippen LogP) is 4.34. The van der Waals surface area contributed by atoms with Gasteiger partial charge >= 0.3 is 11.7 Å². The summed E-state index contributed by atoms with van der Waals surface area (Å²) in [4.78, 5) is 44.4. The molecule has 0 unspecified atom stereocenters. The number of esters is 1. The Labute approximate surface area is 206 Å². The molecule has 0 aliphatic heterocycles. The number of benzene rings is 2. The quantitative estimate of drug-likeness (QED) is 0.387. The highest BCUT2D eigenvalue weighted by molar-refractivity contribution is 6.32. The van der Waals surface area contributed by atoms with Gasteiger partial charge in [-0.15, -0.1) is 0 Å². The molecular weight excluding hydrogens is 468 g/mol. The van der Waals surface area contributed by atoms with Gasteiger partial charge in [0.2, 0.25) is 0 Å². The van der Waals surface area contributed by atoms with E-state index in [1.165, 1.54) is 22.6 Å². The number of halogens is 1. The van der Waals surface area contributed by atoms with Gasteiger partial charge in [0.1, 0.15) is 0 Å². The molecule has 0 saturated heterocycles. The van der Waals surface area contributed by atoms with E-state index in [0.29, 0.717) is 21.8 Å². The molecule has 4 aromatic rings. The van der Waals surface area contributed by atoms with E-state index < -0.39 is 11.7 Å². The highest BCUT2D eigenvalue weighted by atomic mass is 35.5. The zero-order chi connectivity index (χ0) is 24.5. The maximum absolute atomic E-state index is 13.8. The minimum Gasteiger partial charge on any atom is -0.465 e.